The molecule has 1 aliphatic heterocycles. The number of halogens is 1. The van der Waals surface area contributed by atoms with Gasteiger partial charge in [0.05, 0.1) is 6.10 Å². The monoisotopic (exact) mass is 291 g/mol. The predicted octanol–water partition coefficient (Wildman–Crippen LogP) is 3.83. The van der Waals surface area contributed by atoms with Crippen molar-refractivity contribution in [1.82, 2.24) is 5.32 Å². The van der Waals surface area contributed by atoms with Gasteiger partial charge in [0.25, 0.3) is 0 Å². The SMILES string of the molecule is CC1(C)CCC(C(O)c2cccc3ccccc23)N1.Cl. The lowest BCUT2D eigenvalue weighted by Crippen LogP contribution is -2.40. The molecule has 0 amide bonds. The molecule has 3 rings (SSSR count). The molecule has 0 aliphatic carbocycles. The Morgan fingerprint density at radius 2 is 1.85 bits per heavy atom. The summed E-state index contributed by atoms with van der Waals surface area (Å²) < 4.78 is 0. The molecule has 3 heteroatoms. The molecule has 2 atom stereocenters. The molecule has 1 fully saturated rings. The van der Waals surface area contributed by atoms with Crippen LogP contribution in [0, 0.1) is 0 Å². The fraction of sp³-hybridized carbons (Fsp3) is 0.412. The quantitative estimate of drug-likeness (QED) is 0.881. The van der Waals surface area contributed by atoms with Gasteiger partial charge in [-0.3, -0.25) is 0 Å². The van der Waals surface area contributed by atoms with Crippen LogP contribution in [0.2, 0.25) is 0 Å². The van der Waals surface area contributed by atoms with Crippen molar-refractivity contribution >= 4 is 23.2 Å². The zero-order valence-corrected chi connectivity index (χ0v) is 12.8. The minimum atomic E-state index is -0.437. The van der Waals surface area contributed by atoms with Crippen LogP contribution < -0.4 is 5.32 Å². The maximum absolute atomic E-state index is 10.7. The third-order valence-corrected chi connectivity index (χ3v) is 4.18. The Labute approximate surface area is 126 Å². The van der Waals surface area contributed by atoms with Crippen molar-refractivity contribution in [2.24, 2.45) is 0 Å². The fourth-order valence-electron chi connectivity index (χ4n) is 3.12. The second-order valence-corrected chi connectivity index (χ2v) is 6.19. The molecule has 108 valence electrons. The molecule has 1 aliphatic rings. The number of hydrogen-bond acceptors (Lipinski definition) is 2. The van der Waals surface area contributed by atoms with E-state index in [4.69, 9.17) is 0 Å². The van der Waals surface area contributed by atoms with Crippen LogP contribution in [0.1, 0.15) is 38.4 Å². The number of aliphatic hydroxyl groups is 1. The maximum Gasteiger partial charge on any atom is 0.0949 e. The molecular formula is C17H22ClNO. The van der Waals surface area contributed by atoms with E-state index in [-0.39, 0.29) is 24.0 Å². The summed E-state index contributed by atoms with van der Waals surface area (Å²) >= 11 is 0. The largest absolute Gasteiger partial charge is 0.387 e. The summed E-state index contributed by atoms with van der Waals surface area (Å²) in [5, 5.41) is 16.6. The van der Waals surface area contributed by atoms with Gasteiger partial charge in [-0.2, -0.15) is 0 Å². The van der Waals surface area contributed by atoms with Crippen LogP contribution in [0.5, 0.6) is 0 Å². The van der Waals surface area contributed by atoms with Gasteiger partial charge in [0.15, 0.2) is 0 Å². The first-order valence-corrected chi connectivity index (χ1v) is 7.00. The Kier molecular flexibility index (Phi) is 4.38. The Bertz CT molecular complexity index is 591. The molecule has 1 saturated heterocycles. The topological polar surface area (TPSA) is 32.3 Å². The molecule has 2 aromatic rings. The van der Waals surface area contributed by atoms with Gasteiger partial charge < -0.3 is 10.4 Å². The Hall–Kier alpha value is -1.09. The lowest BCUT2D eigenvalue weighted by molar-refractivity contribution is 0.133. The molecule has 2 nitrogen and oxygen atoms in total. The predicted molar refractivity (Wildman–Crippen MR) is 86.4 cm³/mol. The van der Waals surface area contributed by atoms with E-state index < -0.39 is 6.10 Å². The van der Waals surface area contributed by atoms with Gasteiger partial charge in [-0.1, -0.05) is 42.5 Å². The highest BCUT2D eigenvalue weighted by molar-refractivity contribution is 5.86. The van der Waals surface area contributed by atoms with Gasteiger partial charge in [-0.25, -0.2) is 0 Å². The highest BCUT2D eigenvalue weighted by Crippen LogP contribution is 2.33. The standard InChI is InChI=1S/C17H21NO.ClH/c1-17(2)11-10-15(18-17)16(19)14-9-5-7-12-6-3-4-8-13(12)14;/h3-9,15-16,18-19H,10-11H2,1-2H3;1H. The molecule has 0 bridgehead atoms. The average Bonchev–Trinajstić information content (AvgIpc) is 2.78. The summed E-state index contributed by atoms with van der Waals surface area (Å²) in [5.74, 6) is 0. The van der Waals surface area contributed by atoms with Crippen LogP contribution in [0.3, 0.4) is 0 Å². The smallest absolute Gasteiger partial charge is 0.0949 e. The van der Waals surface area contributed by atoms with Gasteiger partial charge in [0.2, 0.25) is 0 Å². The normalized spacial score (nSPS) is 22.4. The molecule has 2 N–H and O–H groups in total. The lowest BCUT2D eigenvalue weighted by Gasteiger charge is -2.24. The van der Waals surface area contributed by atoms with Crippen molar-refractivity contribution in [1.29, 1.82) is 0 Å². The first-order valence-electron chi connectivity index (χ1n) is 7.00. The van der Waals surface area contributed by atoms with Crippen molar-refractivity contribution in [3.8, 4) is 0 Å². The molecule has 0 radical (unpaired) electrons. The van der Waals surface area contributed by atoms with E-state index in [1.807, 2.05) is 24.3 Å². The molecule has 0 spiro atoms. The van der Waals surface area contributed by atoms with Gasteiger partial charge in [0.1, 0.15) is 0 Å². The van der Waals surface area contributed by atoms with Crippen LogP contribution in [0.4, 0.5) is 0 Å². The van der Waals surface area contributed by atoms with E-state index >= 15 is 0 Å². The second-order valence-electron chi connectivity index (χ2n) is 6.19. The van der Waals surface area contributed by atoms with Crippen molar-refractivity contribution < 1.29 is 5.11 Å². The molecule has 1 heterocycles. The number of aliphatic hydroxyl groups excluding tert-OH is 1. The molecule has 20 heavy (non-hydrogen) atoms. The molecule has 2 unspecified atom stereocenters. The van der Waals surface area contributed by atoms with Gasteiger partial charge in [0, 0.05) is 11.6 Å². The summed E-state index contributed by atoms with van der Waals surface area (Å²) in [6, 6.07) is 14.6. The van der Waals surface area contributed by atoms with Crippen molar-refractivity contribution in [3.63, 3.8) is 0 Å². The third kappa shape index (κ3) is 2.83. The van der Waals surface area contributed by atoms with Crippen molar-refractivity contribution in [2.75, 3.05) is 0 Å². The molecule has 2 aromatic carbocycles. The Morgan fingerprint density at radius 1 is 1.15 bits per heavy atom. The lowest BCUT2D eigenvalue weighted by atomic mass is 9.95. The van der Waals surface area contributed by atoms with E-state index in [1.54, 1.807) is 0 Å². The van der Waals surface area contributed by atoms with E-state index in [1.165, 1.54) is 5.39 Å². The summed E-state index contributed by atoms with van der Waals surface area (Å²) in [7, 11) is 0. The fourth-order valence-corrected chi connectivity index (χ4v) is 3.12. The number of nitrogens with one attached hydrogen (secondary N) is 1. The summed E-state index contributed by atoms with van der Waals surface area (Å²) in [4.78, 5) is 0. The minimum Gasteiger partial charge on any atom is -0.387 e. The number of hydrogen-bond donors (Lipinski definition) is 2. The van der Waals surface area contributed by atoms with Crippen molar-refractivity contribution in [2.45, 2.75) is 44.4 Å². The van der Waals surface area contributed by atoms with E-state index in [2.05, 4.69) is 37.4 Å². The maximum atomic E-state index is 10.7. The van der Waals surface area contributed by atoms with Gasteiger partial charge >= 0.3 is 0 Å². The second kappa shape index (κ2) is 5.72. The van der Waals surface area contributed by atoms with Crippen LogP contribution in [-0.4, -0.2) is 16.7 Å². The summed E-state index contributed by atoms with van der Waals surface area (Å²) in [6.07, 6.45) is 1.70. The highest BCUT2D eigenvalue weighted by Gasteiger charge is 2.34. The van der Waals surface area contributed by atoms with E-state index in [0.29, 0.717) is 0 Å². The van der Waals surface area contributed by atoms with Gasteiger partial charge in [-0.15, -0.1) is 12.4 Å². The van der Waals surface area contributed by atoms with E-state index in [0.717, 1.165) is 23.8 Å². The Morgan fingerprint density at radius 3 is 2.55 bits per heavy atom. The zero-order chi connectivity index (χ0) is 13.5. The molecule has 0 aromatic heterocycles. The van der Waals surface area contributed by atoms with Crippen molar-refractivity contribution in [3.05, 3.63) is 48.0 Å². The molecular weight excluding hydrogens is 270 g/mol. The van der Waals surface area contributed by atoms with E-state index in [9.17, 15) is 5.11 Å². The number of benzene rings is 2. The number of fused-ring (bicyclic) bond motifs is 1. The van der Waals surface area contributed by atoms with Crippen LogP contribution >= 0.6 is 12.4 Å². The van der Waals surface area contributed by atoms with Gasteiger partial charge in [-0.05, 0) is 43.0 Å². The van der Waals surface area contributed by atoms with Crippen LogP contribution in [-0.2, 0) is 0 Å². The third-order valence-electron chi connectivity index (χ3n) is 4.18. The van der Waals surface area contributed by atoms with Crippen LogP contribution in [0.15, 0.2) is 42.5 Å². The zero-order valence-electron chi connectivity index (χ0n) is 12.0. The summed E-state index contributed by atoms with van der Waals surface area (Å²) in [5.41, 5.74) is 1.17. The van der Waals surface area contributed by atoms with Crippen LogP contribution in [0.25, 0.3) is 10.8 Å². The summed E-state index contributed by atoms with van der Waals surface area (Å²) in [6.45, 7) is 4.39. The molecule has 0 saturated carbocycles. The Balaban J connectivity index is 0.00000147. The minimum absolute atomic E-state index is 0. The highest BCUT2D eigenvalue weighted by atomic mass is 35.5. The first kappa shape index (κ1) is 15.3. The first-order chi connectivity index (χ1) is 9.07. The number of rotatable bonds is 2. The average molecular weight is 292 g/mol.